The fraction of sp³-hybridized carbons (Fsp3) is 0.833. The Morgan fingerprint density at radius 3 is 2.92 bits per heavy atom. The molecular formula is C12H20. The van der Waals surface area contributed by atoms with Crippen LogP contribution in [0.25, 0.3) is 0 Å². The summed E-state index contributed by atoms with van der Waals surface area (Å²) < 4.78 is 0. The van der Waals surface area contributed by atoms with Gasteiger partial charge in [-0.05, 0) is 50.4 Å². The summed E-state index contributed by atoms with van der Waals surface area (Å²) in [5, 5.41) is 0. The van der Waals surface area contributed by atoms with E-state index in [1.807, 2.05) is 0 Å². The summed E-state index contributed by atoms with van der Waals surface area (Å²) in [5.41, 5.74) is 1.64. The van der Waals surface area contributed by atoms with Crippen molar-refractivity contribution in [3.8, 4) is 0 Å². The summed E-state index contributed by atoms with van der Waals surface area (Å²) in [5.74, 6) is 3.08. The number of rotatable bonds is 0. The predicted molar refractivity (Wildman–Crippen MR) is 53.0 cm³/mol. The van der Waals surface area contributed by atoms with Gasteiger partial charge >= 0.3 is 0 Å². The van der Waals surface area contributed by atoms with Crippen LogP contribution in [0.15, 0.2) is 11.6 Å². The van der Waals surface area contributed by atoms with Crippen LogP contribution < -0.4 is 0 Å². The smallest absolute Gasteiger partial charge is 0.0292 e. The minimum atomic E-state index is 0.997. The largest absolute Gasteiger partial charge is 0.0853 e. The van der Waals surface area contributed by atoms with E-state index in [4.69, 9.17) is 0 Å². The van der Waals surface area contributed by atoms with Gasteiger partial charge < -0.3 is 0 Å². The first-order chi connectivity index (χ1) is 5.75. The summed E-state index contributed by atoms with van der Waals surface area (Å²) in [6.45, 7) is 4.72. The van der Waals surface area contributed by atoms with Crippen LogP contribution in [-0.2, 0) is 0 Å². The molecule has 3 atom stereocenters. The van der Waals surface area contributed by atoms with Gasteiger partial charge in [-0.1, -0.05) is 25.0 Å². The first-order valence-electron chi connectivity index (χ1n) is 5.41. The van der Waals surface area contributed by atoms with Gasteiger partial charge in [0.15, 0.2) is 0 Å². The Hall–Kier alpha value is -0.260. The molecule has 3 unspecified atom stereocenters. The molecule has 0 radical (unpaired) electrons. The molecule has 0 bridgehead atoms. The predicted octanol–water partition coefficient (Wildman–Crippen LogP) is 3.78. The molecule has 0 aromatic heterocycles. The standard InChI is InChI=1S/C12H20/c1-9-3-5-11-6-4-10(2)8-12(11)7-9/h3,10-12H,4-8H2,1-2H3. The average Bonchev–Trinajstić information content (AvgIpc) is 2.03. The van der Waals surface area contributed by atoms with E-state index in [0.29, 0.717) is 0 Å². The van der Waals surface area contributed by atoms with Crippen molar-refractivity contribution in [2.75, 3.05) is 0 Å². The van der Waals surface area contributed by atoms with Gasteiger partial charge in [0.25, 0.3) is 0 Å². The maximum Gasteiger partial charge on any atom is -0.0292 e. The van der Waals surface area contributed by atoms with Gasteiger partial charge in [-0.2, -0.15) is 0 Å². The highest BCUT2D eigenvalue weighted by molar-refractivity contribution is 5.06. The van der Waals surface area contributed by atoms with Crippen LogP contribution in [0.2, 0.25) is 0 Å². The van der Waals surface area contributed by atoms with Crippen molar-refractivity contribution >= 4 is 0 Å². The molecule has 68 valence electrons. The molecule has 1 saturated carbocycles. The lowest BCUT2D eigenvalue weighted by Crippen LogP contribution is -2.25. The Morgan fingerprint density at radius 2 is 2.08 bits per heavy atom. The fourth-order valence-corrected chi connectivity index (χ4v) is 2.97. The number of hydrogen-bond donors (Lipinski definition) is 0. The van der Waals surface area contributed by atoms with Crippen molar-refractivity contribution in [3.05, 3.63) is 11.6 Å². The Balaban J connectivity index is 2.03. The number of hydrogen-bond acceptors (Lipinski definition) is 0. The van der Waals surface area contributed by atoms with Crippen LogP contribution in [0.5, 0.6) is 0 Å². The molecule has 0 aromatic rings. The summed E-state index contributed by atoms with van der Waals surface area (Å²) in [4.78, 5) is 0. The zero-order chi connectivity index (χ0) is 8.55. The third kappa shape index (κ3) is 1.57. The maximum absolute atomic E-state index is 2.47. The molecule has 1 fully saturated rings. The summed E-state index contributed by atoms with van der Waals surface area (Å²) in [6, 6.07) is 0. The van der Waals surface area contributed by atoms with Crippen LogP contribution in [0.3, 0.4) is 0 Å². The second kappa shape index (κ2) is 3.24. The molecule has 0 saturated heterocycles. The summed E-state index contributed by atoms with van der Waals surface area (Å²) >= 11 is 0. The maximum atomic E-state index is 2.47. The third-order valence-corrected chi connectivity index (χ3v) is 3.76. The van der Waals surface area contributed by atoms with Gasteiger partial charge in [-0.15, -0.1) is 0 Å². The molecule has 0 heterocycles. The second-order valence-corrected chi connectivity index (χ2v) is 4.93. The minimum absolute atomic E-state index is 0.997. The highest BCUT2D eigenvalue weighted by Crippen LogP contribution is 2.41. The van der Waals surface area contributed by atoms with Crippen molar-refractivity contribution < 1.29 is 0 Å². The van der Waals surface area contributed by atoms with E-state index in [1.54, 1.807) is 5.57 Å². The van der Waals surface area contributed by atoms with Crippen LogP contribution in [0.4, 0.5) is 0 Å². The molecule has 0 spiro atoms. The van der Waals surface area contributed by atoms with E-state index >= 15 is 0 Å². The molecule has 0 amide bonds. The van der Waals surface area contributed by atoms with Crippen LogP contribution in [0, 0.1) is 17.8 Å². The van der Waals surface area contributed by atoms with Gasteiger partial charge in [0, 0.05) is 0 Å². The molecule has 2 aliphatic carbocycles. The topological polar surface area (TPSA) is 0 Å². The van der Waals surface area contributed by atoms with E-state index in [0.717, 1.165) is 17.8 Å². The molecular weight excluding hydrogens is 144 g/mol. The Kier molecular flexibility index (Phi) is 2.25. The monoisotopic (exact) mass is 164 g/mol. The van der Waals surface area contributed by atoms with E-state index in [9.17, 15) is 0 Å². The lowest BCUT2D eigenvalue weighted by Gasteiger charge is -2.37. The molecule has 0 aliphatic heterocycles. The zero-order valence-corrected chi connectivity index (χ0v) is 8.34. The molecule has 12 heavy (non-hydrogen) atoms. The summed E-state index contributed by atoms with van der Waals surface area (Å²) in [6.07, 6.45) is 9.72. The first kappa shape index (κ1) is 8.34. The third-order valence-electron chi connectivity index (χ3n) is 3.76. The van der Waals surface area contributed by atoms with Crippen molar-refractivity contribution in [1.29, 1.82) is 0 Å². The van der Waals surface area contributed by atoms with Crippen LogP contribution in [0.1, 0.15) is 46.0 Å². The van der Waals surface area contributed by atoms with Gasteiger partial charge in [-0.25, -0.2) is 0 Å². The second-order valence-electron chi connectivity index (χ2n) is 4.93. The summed E-state index contributed by atoms with van der Waals surface area (Å²) in [7, 11) is 0. The van der Waals surface area contributed by atoms with E-state index in [2.05, 4.69) is 19.9 Å². The van der Waals surface area contributed by atoms with Crippen molar-refractivity contribution in [2.45, 2.75) is 46.0 Å². The number of allylic oxidation sites excluding steroid dienone is 2. The van der Waals surface area contributed by atoms with E-state index in [1.165, 1.54) is 32.1 Å². The van der Waals surface area contributed by atoms with Gasteiger partial charge in [0.1, 0.15) is 0 Å². The van der Waals surface area contributed by atoms with Crippen LogP contribution >= 0.6 is 0 Å². The van der Waals surface area contributed by atoms with Gasteiger partial charge in [-0.3, -0.25) is 0 Å². The Bertz CT molecular complexity index is 190. The molecule has 0 N–H and O–H groups in total. The van der Waals surface area contributed by atoms with Crippen molar-refractivity contribution in [3.63, 3.8) is 0 Å². The van der Waals surface area contributed by atoms with Crippen LogP contribution in [-0.4, -0.2) is 0 Å². The normalized spacial score (nSPS) is 41.8. The SMILES string of the molecule is CC1=CCC2CCC(C)CC2C1. The lowest BCUT2D eigenvalue weighted by molar-refractivity contribution is 0.180. The number of fused-ring (bicyclic) bond motifs is 1. The molecule has 0 nitrogen and oxygen atoms in total. The quantitative estimate of drug-likeness (QED) is 0.478. The van der Waals surface area contributed by atoms with E-state index in [-0.39, 0.29) is 0 Å². The zero-order valence-electron chi connectivity index (χ0n) is 8.34. The van der Waals surface area contributed by atoms with Gasteiger partial charge in [0.2, 0.25) is 0 Å². The molecule has 0 heteroatoms. The first-order valence-corrected chi connectivity index (χ1v) is 5.41. The molecule has 0 aromatic carbocycles. The van der Waals surface area contributed by atoms with Crippen molar-refractivity contribution in [2.24, 2.45) is 17.8 Å². The van der Waals surface area contributed by atoms with Crippen molar-refractivity contribution in [1.82, 2.24) is 0 Å². The minimum Gasteiger partial charge on any atom is -0.0853 e. The highest BCUT2D eigenvalue weighted by Gasteiger charge is 2.29. The lowest BCUT2D eigenvalue weighted by atomic mass is 9.68. The Labute approximate surface area is 76.1 Å². The van der Waals surface area contributed by atoms with E-state index < -0.39 is 0 Å². The molecule has 2 rings (SSSR count). The van der Waals surface area contributed by atoms with Gasteiger partial charge in [0.05, 0.1) is 0 Å². The Morgan fingerprint density at radius 1 is 1.25 bits per heavy atom. The molecule has 2 aliphatic rings. The fourth-order valence-electron chi connectivity index (χ4n) is 2.97. The average molecular weight is 164 g/mol. The highest BCUT2D eigenvalue weighted by atomic mass is 14.3.